The molecule has 0 aliphatic heterocycles. The zero-order chi connectivity index (χ0) is 15.3. The van der Waals surface area contributed by atoms with E-state index in [4.69, 9.17) is 5.73 Å². The molecule has 0 aliphatic carbocycles. The summed E-state index contributed by atoms with van der Waals surface area (Å²) >= 11 is 0. The maximum absolute atomic E-state index is 12.6. The summed E-state index contributed by atoms with van der Waals surface area (Å²) < 4.78 is 37.9. The average molecular weight is 289 g/mol. The van der Waals surface area contributed by atoms with E-state index in [1.165, 1.54) is 6.07 Å². The minimum Gasteiger partial charge on any atom is -0.385 e. The van der Waals surface area contributed by atoms with E-state index in [0.717, 1.165) is 12.1 Å². The second-order valence-corrected chi connectivity index (χ2v) is 3.94. The highest BCUT2D eigenvalue weighted by molar-refractivity contribution is 6.01. The molecule has 0 heterocycles. The zero-order valence-electron chi connectivity index (χ0n) is 10.7. The Balaban J connectivity index is 3.11. The molecule has 0 aromatic heterocycles. The van der Waals surface area contributed by atoms with Gasteiger partial charge in [-0.05, 0) is 25.1 Å². The molecule has 1 aromatic rings. The fraction of sp³-hybridized carbons (Fsp3) is 0.333. The molecule has 20 heavy (non-hydrogen) atoms. The van der Waals surface area contributed by atoms with Crippen LogP contribution in [0.1, 0.15) is 22.8 Å². The second kappa shape index (κ2) is 6.27. The first kappa shape index (κ1) is 15.8. The van der Waals surface area contributed by atoms with E-state index in [-0.39, 0.29) is 11.3 Å². The summed E-state index contributed by atoms with van der Waals surface area (Å²) in [7, 11) is 0. The van der Waals surface area contributed by atoms with Gasteiger partial charge in [0, 0.05) is 12.2 Å². The molecule has 2 amide bonds. The average Bonchev–Trinajstić information content (AvgIpc) is 2.35. The van der Waals surface area contributed by atoms with Gasteiger partial charge in [0.2, 0.25) is 5.91 Å². The van der Waals surface area contributed by atoms with Gasteiger partial charge in [0.25, 0.3) is 5.91 Å². The Morgan fingerprint density at radius 3 is 2.45 bits per heavy atom. The lowest BCUT2D eigenvalue weighted by atomic mass is 10.1. The molecule has 0 spiro atoms. The third-order valence-corrected chi connectivity index (χ3v) is 2.38. The number of alkyl halides is 3. The summed E-state index contributed by atoms with van der Waals surface area (Å²) in [5, 5.41) is 4.93. The largest absolute Gasteiger partial charge is 0.416 e. The van der Waals surface area contributed by atoms with Gasteiger partial charge in [-0.3, -0.25) is 9.59 Å². The number of benzene rings is 1. The summed E-state index contributed by atoms with van der Waals surface area (Å²) in [4.78, 5) is 22.4. The molecule has 0 saturated carbocycles. The smallest absolute Gasteiger partial charge is 0.385 e. The molecule has 1 rings (SSSR count). The van der Waals surface area contributed by atoms with Crippen molar-refractivity contribution >= 4 is 17.5 Å². The van der Waals surface area contributed by atoms with Crippen LogP contribution in [0.25, 0.3) is 0 Å². The van der Waals surface area contributed by atoms with Crippen LogP contribution >= 0.6 is 0 Å². The fourth-order valence-corrected chi connectivity index (χ4v) is 1.52. The number of amides is 2. The molecule has 1 aromatic carbocycles. The summed E-state index contributed by atoms with van der Waals surface area (Å²) in [5.41, 5.74) is 3.98. The minimum atomic E-state index is -4.55. The Bertz CT molecular complexity index is 515. The second-order valence-electron chi connectivity index (χ2n) is 3.94. The van der Waals surface area contributed by atoms with Crippen LogP contribution in [0.5, 0.6) is 0 Å². The van der Waals surface area contributed by atoms with Crippen LogP contribution < -0.4 is 16.4 Å². The number of nitrogens with two attached hydrogens (primary N) is 1. The number of anilines is 1. The van der Waals surface area contributed by atoms with Gasteiger partial charge in [-0.25, -0.2) is 0 Å². The Labute approximate surface area is 113 Å². The number of carbonyl (C=O) groups excluding carboxylic acids is 2. The van der Waals surface area contributed by atoms with E-state index in [1.807, 2.05) is 0 Å². The van der Waals surface area contributed by atoms with Crippen LogP contribution in [-0.2, 0) is 11.0 Å². The number of hydrogen-bond donors (Lipinski definition) is 3. The van der Waals surface area contributed by atoms with Crippen molar-refractivity contribution in [2.24, 2.45) is 5.73 Å². The molecule has 0 saturated heterocycles. The monoisotopic (exact) mass is 289 g/mol. The van der Waals surface area contributed by atoms with Crippen LogP contribution in [0.2, 0.25) is 0 Å². The molecular weight excluding hydrogens is 275 g/mol. The van der Waals surface area contributed by atoms with Crippen molar-refractivity contribution in [1.29, 1.82) is 0 Å². The molecule has 8 heteroatoms. The zero-order valence-corrected chi connectivity index (χ0v) is 10.7. The first-order chi connectivity index (χ1) is 9.25. The quantitative estimate of drug-likeness (QED) is 0.765. The molecule has 0 unspecified atom stereocenters. The lowest BCUT2D eigenvalue weighted by molar-refractivity contribution is -0.137. The number of primary amides is 1. The van der Waals surface area contributed by atoms with Crippen LogP contribution in [0.4, 0.5) is 18.9 Å². The molecular formula is C12H14F3N3O2. The molecule has 5 nitrogen and oxygen atoms in total. The predicted octanol–water partition coefficient (Wildman–Crippen LogP) is 1.35. The minimum absolute atomic E-state index is 0.192. The molecule has 110 valence electrons. The summed E-state index contributed by atoms with van der Waals surface area (Å²) in [6, 6.07) is 2.78. The highest BCUT2D eigenvalue weighted by Crippen LogP contribution is 2.31. The van der Waals surface area contributed by atoms with Crippen molar-refractivity contribution in [1.82, 2.24) is 5.32 Å². The molecule has 4 N–H and O–H groups in total. The predicted molar refractivity (Wildman–Crippen MR) is 67.1 cm³/mol. The maximum atomic E-state index is 12.6. The SMILES string of the molecule is CCNc1ccc(C(F)(F)F)cc1C(=O)NCC(N)=O. The van der Waals surface area contributed by atoms with E-state index in [2.05, 4.69) is 10.6 Å². The van der Waals surface area contributed by atoms with E-state index in [0.29, 0.717) is 6.54 Å². The third kappa shape index (κ3) is 4.15. The normalized spacial score (nSPS) is 11.0. The van der Waals surface area contributed by atoms with Crippen LogP contribution in [-0.4, -0.2) is 24.9 Å². The number of nitrogens with one attached hydrogen (secondary N) is 2. The van der Waals surface area contributed by atoms with Gasteiger partial charge < -0.3 is 16.4 Å². The van der Waals surface area contributed by atoms with E-state index in [1.54, 1.807) is 6.92 Å². The van der Waals surface area contributed by atoms with Crippen molar-refractivity contribution in [2.45, 2.75) is 13.1 Å². The highest BCUT2D eigenvalue weighted by Gasteiger charge is 2.31. The topological polar surface area (TPSA) is 84.2 Å². The molecule has 0 radical (unpaired) electrons. The van der Waals surface area contributed by atoms with Gasteiger partial charge in [-0.2, -0.15) is 13.2 Å². The first-order valence-corrected chi connectivity index (χ1v) is 5.77. The van der Waals surface area contributed by atoms with E-state index >= 15 is 0 Å². The first-order valence-electron chi connectivity index (χ1n) is 5.77. The lowest BCUT2D eigenvalue weighted by Crippen LogP contribution is -2.33. The summed E-state index contributed by atoms with van der Waals surface area (Å²) in [6.07, 6.45) is -4.55. The lowest BCUT2D eigenvalue weighted by Gasteiger charge is -2.14. The van der Waals surface area contributed by atoms with Crippen molar-refractivity contribution in [3.05, 3.63) is 29.3 Å². The van der Waals surface area contributed by atoms with Crippen molar-refractivity contribution in [3.63, 3.8) is 0 Å². The Morgan fingerprint density at radius 2 is 1.95 bits per heavy atom. The van der Waals surface area contributed by atoms with Gasteiger partial charge in [0.05, 0.1) is 17.7 Å². The fourth-order valence-electron chi connectivity index (χ4n) is 1.52. The van der Waals surface area contributed by atoms with Gasteiger partial charge in [0.15, 0.2) is 0 Å². The van der Waals surface area contributed by atoms with Crippen molar-refractivity contribution in [3.8, 4) is 0 Å². The van der Waals surface area contributed by atoms with Crippen LogP contribution in [0.15, 0.2) is 18.2 Å². The summed E-state index contributed by atoms with van der Waals surface area (Å²) in [5.74, 6) is -1.58. The Hall–Kier alpha value is -2.25. The van der Waals surface area contributed by atoms with Gasteiger partial charge in [-0.1, -0.05) is 0 Å². The molecule has 0 bridgehead atoms. The molecule has 0 fully saturated rings. The van der Waals surface area contributed by atoms with Crippen LogP contribution in [0.3, 0.4) is 0 Å². The Kier molecular flexibility index (Phi) is 4.95. The van der Waals surface area contributed by atoms with E-state index in [9.17, 15) is 22.8 Å². The number of rotatable bonds is 5. The number of carbonyl (C=O) groups is 2. The van der Waals surface area contributed by atoms with Gasteiger partial charge in [-0.15, -0.1) is 0 Å². The third-order valence-electron chi connectivity index (χ3n) is 2.38. The van der Waals surface area contributed by atoms with Crippen LogP contribution in [0, 0.1) is 0 Å². The van der Waals surface area contributed by atoms with Gasteiger partial charge >= 0.3 is 6.18 Å². The number of hydrogen-bond acceptors (Lipinski definition) is 3. The summed E-state index contributed by atoms with van der Waals surface area (Å²) in [6.45, 7) is 1.73. The maximum Gasteiger partial charge on any atom is 0.416 e. The van der Waals surface area contributed by atoms with E-state index < -0.39 is 30.1 Å². The van der Waals surface area contributed by atoms with Gasteiger partial charge in [0.1, 0.15) is 0 Å². The van der Waals surface area contributed by atoms with Crippen molar-refractivity contribution in [2.75, 3.05) is 18.4 Å². The standard InChI is InChI=1S/C12H14F3N3O2/c1-2-17-9-4-3-7(12(13,14)15)5-8(9)11(20)18-6-10(16)19/h3-5,17H,2,6H2,1H3,(H2,16,19)(H,18,20). The Morgan fingerprint density at radius 1 is 1.30 bits per heavy atom. The number of halogens is 3. The molecule has 0 atom stereocenters. The highest BCUT2D eigenvalue weighted by atomic mass is 19.4. The van der Waals surface area contributed by atoms with Crippen molar-refractivity contribution < 1.29 is 22.8 Å². The molecule has 0 aliphatic rings.